The molecule has 0 spiro atoms. The van der Waals surface area contributed by atoms with Crippen LogP contribution in [0.25, 0.3) is 0 Å². The van der Waals surface area contributed by atoms with Crippen LogP contribution in [0.4, 0.5) is 5.69 Å². The van der Waals surface area contributed by atoms with Crippen molar-refractivity contribution in [3.05, 3.63) is 50.1 Å². The van der Waals surface area contributed by atoms with Gasteiger partial charge in [0.1, 0.15) is 4.34 Å². The third kappa shape index (κ3) is 2.16. The van der Waals surface area contributed by atoms with Crippen LogP contribution in [0, 0.1) is 0 Å². The number of hydrogen-bond donors (Lipinski definition) is 0. The lowest BCUT2D eigenvalue weighted by Crippen LogP contribution is -2.35. The quantitative estimate of drug-likeness (QED) is 0.751. The first-order valence-electron chi connectivity index (χ1n) is 5.94. The van der Waals surface area contributed by atoms with Gasteiger partial charge in [-0.15, -0.1) is 11.3 Å². The lowest BCUT2D eigenvalue weighted by molar-refractivity contribution is 0.0982. The SMILES string of the molecule is CC1Cc2ccccc2N1C(=O)c1cc(Cl)sc1Cl. The molecule has 0 bridgehead atoms. The van der Waals surface area contributed by atoms with Crippen LogP contribution < -0.4 is 4.90 Å². The highest BCUT2D eigenvalue weighted by Crippen LogP contribution is 2.37. The molecule has 0 saturated heterocycles. The Balaban J connectivity index is 2.03. The lowest BCUT2D eigenvalue weighted by Gasteiger charge is -2.22. The number of halogens is 2. The number of thiophene rings is 1. The van der Waals surface area contributed by atoms with Crippen LogP contribution in [0.3, 0.4) is 0 Å². The molecule has 1 unspecified atom stereocenters. The molecule has 0 aliphatic carbocycles. The molecule has 19 heavy (non-hydrogen) atoms. The Morgan fingerprint density at radius 3 is 2.79 bits per heavy atom. The topological polar surface area (TPSA) is 20.3 Å². The summed E-state index contributed by atoms with van der Waals surface area (Å²) in [5.74, 6) is -0.0781. The zero-order valence-electron chi connectivity index (χ0n) is 10.2. The summed E-state index contributed by atoms with van der Waals surface area (Å²) in [6.07, 6.45) is 0.872. The zero-order chi connectivity index (χ0) is 13.6. The van der Waals surface area contributed by atoms with E-state index >= 15 is 0 Å². The van der Waals surface area contributed by atoms with E-state index in [9.17, 15) is 4.79 Å². The van der Waals surface area contributed by atoms with E-state index in [0.717, 1.165) is 12.1 Å². The van der Waals surface area contributed by atoms with Crippen molar-refractivity contribution in [2.45, 2.75) is 19.4 Å². The second kappa shape index (κ2) is 4.82. The number of nitrogens with zero attached hydrogens (tertiary/aromatic N) is 1. The maximum absolute atomic E-state index is 12.6. The molecule has 1 aromatic heterocycles. The molecule has 0 saturated carbocycles. The van der Waals surface area contributed by atoms with Crippen molar-refractivity contribution in [2.24, 2.45) is 0 Å². The van der Waals surface area contributed by atoms with Crippen molar-refractivity contribution in [3.63, 3.8) is 0 Å². The van der Waals surface area contributed by atoms with E-state index < -0.39 is 0 Å². The van der Waals surface area contributed by atoms with Gasteiger partial charge < -0.3 is 4.90 Å². The van der Waals surface area contributed by atoms with Crippen LogP contribution in [-0.4, -0.2) is 11.9 Å². The normalized spacial score (nSPS) is 17.6. The Hall–Kier alpha value is -1.03. The molecule has 0 radical (unpaired) electrons. The van der Waals surface area contributed by atoms with Crippen molar-refractivity contribution in [2.75, 3.05) is 4.90 Å². The third-order valence-corrected chi connectivity index (χ3v) is 4.80. The zero-order valence-corrected chi connectivity index (χ0v) is 12.5. The van der Waals surface area contributed by atoms with Gasteiger partial charge in [0.05, 0.1) is 9.90 Å². The van der Waals surface area contributed by atoms with Crippen LogP contribution in [0.5, 0.6) is 0 Å². The predicted molar refractivity (Wildman–Crippen MR) is 80.8 cm³/mol. The average molecular weight is 312 g/mol. The summed E-state index contributed by atoms with van der Waals surface area (Å²) in [6, 6.07) is 9.75. The molecule has 0 N–H and O–H groups in total. The van der Waals surface area contributed by atoms with Gasteiger partial charge in [0.25, 0.3) is 5.91 Å². The number of carbonyl (C=O) groups is 1. The second-order valence-electron chi connectivity index (χ2n) is 4.59. The van der Waals surface area contributed by atoms with Gasteiger partial charge in [0.15, 0.2) is 0 Å². The molecule has 1 aliphatic heterocycles. The van der Waals surface area contributed by atoms with Gasteiger partial charge in [0, 0.05) is 11.7 Å². The van der Waals surface area contributed by atoms with Gasteiger partial charge in [-0.2, -0.15) is 0 Å². The molecule has 98 valence electrons. The van der Waals surface area contributed by atoms with E-state index in [0.29, 0.717) is 14.2 Å². The van der Waals surface area contributed by atoms with Crippen LogP contribution in [-0.2, 0) is 6.42 Å². The van der Waals surface area contributed by atoms with E-state index in [1.54, 1.807) is 11.0 Å². The minimum atomic E-state index is -0.0781. The standard InChI is InChI=1S/C14H11Cl2NOS/c1-8-6-9-4-2-3-5-11(9)17(8)14(18)10-7-12(15)19-13(10)16/h2-5,7-8H,6H2,1H3. The average Bonchev–Trinajstić information content (AvgIpc) is 2.87. The van der Waals surface area contributed by atoms with Gasteiger partial charge in [-0.05, 0) is 31.0 Å². The molecule has 3 rings (SSSR count). The number of para-hydroxylation sites is 1. The maximum atomic E-state index is 12.6. The number of hydrogen-bond acceptors (Lipinski definition) is 2. The first-order valence-corrected chi connectivity index (χ1v) is 7.51. The van der Waals surface area contributed by atoms with Crippen LogP contribution in [0.15, 0.2) is 30.3 Å². The molecular weight excluding hydrogens is 301 g/mol. The Labute approximate surface area is 125 Å². The molecule has 1 aliphatic rings. The van der Waals surface area contributed by atoms with Crippen molar-refractivity contribution in [3.8, 4) is 0 Å². The predicted octanol–water partition coefficient (Wildman–Crippen LogP) is 4.65. The van der Waals surface area contributed by atoms with Crippen LogP contribution >= 0.6 is 34.5 Å². The minimum absolute atomic E-state index is 0.0781. The third-order valence-electron chi connectivity index (χ3n) is 3.31. The molecule has 2 aromatic rings. The van der Waals surface area contributed by atoms with Crippen LogP contribution in [0.1, 0.15) is 22.8 Å². The smallest absolute Gasteiger partial charge is 0.260 e. The summed E-state index contributed by atoms with van der Waals surface area (Å²) >= 11 is 13.2. The first kappa shape index (κ1) is 13.0. The Morgan fingerprint density at radius 2 is 2.11 bits per heavy atom. The lowest BCUT2D eigenvalue weighted by atomic mass is 10.1. The molecule has 5 heteroatoms. The maximum Gasteiger partial charge on any atom is 0.260 e. The Kier molecular flexibility index (Phi) is 3.29. The minimum Gasteiger partial charge on any atom is -0.305 e. The van der Waals surface area contributed by atoms with Crippen molar-refractivity contribution >= 4 is 46.1 Å². The molecule has 1 amide bonds. The Bertz CT molecular complexity index is 653. The largest absolute Gasteiger partial charge is 0.305 e. The van der Waals surface area contributed by atoms with Crippen molar-refractivity contribution < 1.29 is 4.79 Å². The molecule has 1 aromatic carbocycles. The number of rotatable bonds is 1. The van der Waals surface area contributed by atoms with E-state index in [2.05, 4.69) is 6.07 Å². The van der Waals surface area contributed by atoms with Crippen molar-refractivity contribution in [1.29, 1.82) is 0 Å². The van der Waals surface area contributed by atoms with Gasteiger partial charge in [0.2, 0.25) is 0 Å². The Morgan fingerprint density at radius 1 is 1.37 bits per heavy atom. The van der Waals surface area contributed by atoms with Crippen LogP contribution in [0.2, 0.25) is 8.67 Å². The van der Waals surface area contributed by atoms with E-state index in [1.165, 1.54) is 16.9 Å². The summed E-state index contributed by atoms with van der Waals surface area (Å²) in [5, 5.41) is 0. The highest BCUT2D eigenvalue weighted by atomic mass is 35.5. The summed E-state index contributed by atoms with van der Waals surface area (Å²) in [5.41, 5.74) is 2.65. The highest BCUT2D eigenvalue weighted by Gasteiger charge is 2.32. The van der Waals surface area contributed by atoms with Gasteiger partial charge >= 0.3 is 0 Å². The first-order chi connectivity index (χ1) is 9.08. The van der Waals surface area contributed by atoms with Crippen molar-refractivity contribution in [1.82, 2.24) is 0 Å². The number of fused-ring (bicyclic) bond motifs is 1. The molecular formula is C14H11Cl2NOS. The number of benzene rings is 1. The van der Waals surface area contributed by atoms with Gasteiger partial charge in [-0.3, -0.25) is 4.79 Å². The second-order valence-corrected chi connectivity index (χ2v) is 6.88. The highest BCUT2D eigenvalue weighted by molar-refractivity contribution is 7.20. The summed E-state index contributed by atoms with van der Waals surface area (Å²) in [7, 11) is 0. The fourth-order valence-corrected chi connectivity index (χ4v) is 3.94. The molecule has 2 nitrogen and oxygen atoms in total. The molecule has 2 heterocycles. The van der Waals surface area contributed by atoms with E-state index in [1.807, 2.05) is 25.1 Å². The number of anilines is 1. The monoisotopic (exact) mass is 311 g/mol. The van der Waals surface area contributed by atoms with Gasteiger partial charge in [-0.1, -0.05) is 41.4 Å². The number of amides is 1. The summed E-state index contributed by atoms with van der Waals surface area (Å²) in [4.78, 5) is 14.4. The summed E-state index contributed by atoms with van der Waals surface area (Å²) < 4.78 is 0.986. The molecule has 0 fully saturated rings. The van der Waals surface area contributed by atoms with E-state index in [-0.39, 0.29) is 11.9 Å². The number of carbonyl (C=O) groups excluding carboxylic acids is 1. The van der Waals surface area contributed by atoms with Gasteiger partial charge in [-0.25, -0.2) is 0 Å². The summed E-state index contributed by atoms with van der Waals surface area (Å²) in [6.45, 7) is 2.04. The fraction of sp³-hybridized carbons (Fsp3) is 0.214. The molecule has 1 atom stereocenters. The van der Waals surface area contributed by atoms with E-state index in [4.69, 9.17) is 23.2 Å². The fourth-order valence-electron chi connectivity index (χ4n) is 2.49.